The molecule has 0 aliphatic heterocycles. The van der Waals surface area contributed by atoms with Crippen molar-refractivity contribution in [2.24, 2.45) is 0 Å². The fourth-order valence-corrected chi connectivity index (χ4v) is 3.15. The van der Waals surface area contributed by atoms with Crippen LogP contribution in [0.15, 0.2) is 34.9 Å². The Kier molecular flexibility index (Phi) is 2.54. The summed E-state index contributed by atoms with van der Waals surface area (Å²) in [4.78, 5) is 4.87. The molecule has 88 valence electrons. The third kappa shape index (κ3) is 1.62. The molecule has 1 aliphatic carbocycles. The fraction of sp³-hybridized carbons (Fsp3) is 0.385. The van der Waals surface area contributed by atoms with Crippen LogP contribution in [0, 0.1) is 0 Å². The first-order valence-electron chi connectivity index (χ1n) is 5.80. The average Bonchev–Trinajstić information content (AvgIpc) is 2.86. The van der Waals surface area contributed by atoms with E-state index < -0.39 is 0 Å². The minimum absolute atomic E-state index is 0.109. The summed E-state index contributed by atoms with van der Waals surface area (Å²) in [6, 6.07) is 10.4. The SMILES string of the molecule is CCc1noc(C2(c3ccccc3)CC2Br)n1. The van der Waals surface area contributed by atoms with E-state index in [1.165, 1.54) is 5.56 Å². The quantitative estimate of drug-likeness (QED) is 0.816. The molecule has 1 aliphatic rings. The second kappa shape index (κ2) is 3.95. The van der Waals surface area contributed by atoms with Gasteiger partial charge in [-0.1, -0.05) is 58.3 Å². The van der Waals surface area contributed by atoms with Crippen LogP contribution in [0.2, 0.25) is 0 Å². The molecular weight excluding hydrogens is 280 g/mol. The molecule has 1 fully saturated rings. The van der Waals surface area contributed by atoms with Crippen LogP contribution in [-0.4, -0.2) is 15.0 Å². The Morgan fingerprint density at radius 1 is 1.41 bits per heavy atom. The number of rotatable bonds is 3. The molecule has 1 aromatic heterocycles. The van der Waals surface area contributed by atoms with Crippen molar-refractivity contribution in [1.29, 1.82) is 0 Å². The van der Waals surface area contributed by atoms with Crippen LogP contribution in [0.4, 0.5) is 0 Å². The van der Waals surface area contributed by atoms with Crippen LogP contribution >= 0.6 is 15.9 Å². The number of hydrogen-bond acceptors (Lipinski definition) is 3. The highest BCUT2D eigenvalue weighted by atomic mass is 79.9. The maximum Gasteiger partial charge on any atom is 0.238 e. The normalized spacial score (nSPS) is 27.1. The van der Waals surface area contributed by atoms with E-state index in [0.29, 0.717) is 4.83 Å². The molecule has 1 saturated carbocycles. The summed E-state index contributed by atoms with van der Waals surface area (Å²) in [6.45, 7) is 2.03. The molecule has 0 bridgehead atoms. The Morgan fingerprint density at radius 2 is 2.12 bits per heavy atom. The lowest BCUT2D eigenvalue weighted by molar-refractivity contribution is 0.356. The van der Waals surface area contributed by atoms with Gasteiger partial charge in [-0.15, -0.1) is 0 Å². The summed E-state index contributed by atoms with van der Waals surface area (Å²) >= 11 is 3.68. The van der Waals surface area contributed by atoms with Crippen molar-refractivity contribution in [3.63, 3.8) is 0 Å². The van der Waals surface area contributed by atoms with E-state index in [1.807, 2.05) is 25.1 Å². The van der Waals surface area contributed by atoms with E-state index in [0.717, 1.165) is 24.6 Å². The Hall–Kier alpha value is -1.16. The summed E-state index contributed by atoms with van der Waals surface area (Å²) in [5.41, 5.74) is 1.13. The second-order valence-corrected chi connectivity index (χ2v) is 5.48. The van der Waals surface area contributed by atoms with Crippen LogP contribution in [0.1, 0.15) is 30.6 Å². The third-order valence-electron chi connectivity index (χ3n) is 3.33. The van der Waals surface area contributed by atoms with Gasteiger partial charge in [0.1, 0.15) is 0 Å². The van der Waals surface area contributed by atoms with Gasteiger partial charge in [0.15, 0.2) is 5.82 Å². The first-order valence-corrected chi connectivity index (χ1v) is 6.71. The molecule has 4 heteroatoms. The summed E-state index contributed by atoms with van der Waals surface area (Å²) in [5.74, 6) is 1.52. The molecule has 1 heterocycles. The lowest BCUT2D eigenvalue weighted by Crippen LogP contribution is -2.12. The number of alkyl halides is 1. The summed E-state index contributed by atoms with van der Waals surface area (Å²) in [6.07, 6.45) is 1.82. The van der Waals surface area contributed by atoms with Crippen molar-refractivity contribution in [3.8, 4) is 0 Å². The Bertz CT molecular complexity index is 525. The zero-order valence-electron chi connectivity index (χ0n) is 9.56. The Morgan fingerprint density at radius 3 is 2.65 bits per heavy atom. The number of nitrogens with zero attached hydrogens (tertiary/aromatic N) is 2. The molecule has 0 spiro atoms. The Labute approximate surface area is 108 Å². The highest BCUT2D eigenvalue weighted by Gasteiger charge is 2.59. The molecule has 2 atom stereocenters. The topological polar surface area (TPSA) is 38.9 Å². The van der Waals surface area contributed by atoms with Crippen molar-refractivity contribution in [2.75, 3.05) is 0 Å². The van der Waals surface area contributed by atoms with Crippen LogP contribution in [0.3, 0.4) is 0 Å². The second-order valence-electron chi connectivity index (χ2n) is 4.38. The van der Waals surface area contributed by atoms with Gasteiger partial charge in [0, 0.05) is 11.2 Å². The van der Waals surface area contributed by atoms with Gasteiger partial charge in [-0.05, 0) is 12.0 Å². The van der Waals surface area contributed by atoms with Crippen molar-refractivity contribution < 1.29 is 4.52 Å². The number of aryl methyl sites for hydroxylation is 1. The molecule has 0 N–H and O–H groups in total. The van der Waals surface area contributed by atoms with Gasteiger partial charge in [0.25, 0.3) is 0 Å². The van der Waals surface area contributed by atoms with E-state index in [1.54, 1.807) is 0 Å². The van der Waals surface area contributed by atoms with Gasteiger partial charge in [-0.25, -0.2) is 0 Å². The zero-order valence-corrected chi connectivity index (χ0v) is 11.1. The standard InChI is InChI=1S/C13H13BrN2O/c1-2-11-15-12(17-16-11)13(8-10(13)14)9-6-4-3-5-7-9/h3-7,10H,2,8H2,1H3. The predicted octanol–water partition coefficient (Wildman–Crippen LogP) is 3.09. The molecule has 3 nitrogen and oxygen atoms in total. The third-order valence-corrected chi connectivity index (χ3v) is 4.44. The van der Waals surface area contributed by atoms with Crippen molar-refractivity contribution in [1.82, 2.24) is 10.1 Å². The predicted molar refractivity (Wildman–Crippen MR) is 68.2 cm³/mol. The number of benzene rings is 1. The number of aromatic nitrogens is 2. The summed E-state index contributed by atoms with van der Waals surface area (Å²) in [7, 11) is 0. The van der Waals surface area contributed by atoms with E-state index in [9.17, 15) is 0 Å². The molecule has 0 radical (unpaired) electrons. The molecular formula is C13H13BrN2O. The maximum atomic E-state index is 5.42. The van der Waals surface area contributed by atoms with Gasteiger partial charge in [-0.3, -0.25) is 0 Å². The van der Waals surface area contributed by atoms with Crippen LogP contribution in [-0.2, 0) is 11.8 Å². The van der Waals surface area contributed by atoms with E-state index in [2.05, 4.69) is 38.2 Å². The van der Waals surface area contributed by atoms with Crippen LogP contribution < -0.4 is 0 Å². The van der Waals surface area contributed by atoms with E-state index in [4.69, 9.17) is 4.52 Å². The molecule has 1 aromatic carbocycles. The first kappa shape index (κ1) is 11.0. The largest absolute Gasteiger partial charge is 0.338 e. The smallest absolute Gasteiger partial charge is 0.238 e. The highest BCUT2D eigenvalue weighted by Crippen LogP contribution is 2.57. The number of halogens is 1. The minimum Gasteiger partial charge on any atom is -0.338 e. The monoisotopic (exact) mass is 292 g/mol. The summed E-state index contributed by atoms with van der Waals surface area (Å²) in [5, 5.41) is 3.99. The van der Waals surface area contributed by atoms with Gasteiger partial charge in [-0.2, -0.15) is 4.98 Å². The average molecular weight is 293 g/mol. The first-order chi connectivity index (χ1) is 8.27. The van der Waals surface area contributed by atoms with Gasteiger partial charge in [0.05, 0.1) is 5.41 Å². The highest BCUT2D eigenvalue weighted by molar-refractivity contribution is 9.09. The lowest BCUT2D eigenvalue weighted by atomic mass is 9.96. The number of hydrogen-bond donors (Lipinski definition) is 0. The minimum atomic E-state index is -0.109. The molecule has 17 heavy (non-hydrogen) atoms. The van der Waals surface area contributed by atoms with Gasteiger partial charge >= 0.3 is 0 Å². The van der Waals surface area contributed by atoms with E-state index in [-0.39, 0.29) is 5.41 Å². The van der Waals surface area contributed by atoms with Gasteiger partial charge in [0.2, 0.25) is 5.89 Å². The molecule has 0 saturated heterocycles. The molecule has 3 rings (SSSR count). The molecule has 2 unspecified atom stereocenters. The van der Waals surface area contributed by atoms with Crippen molar-refractivity contribution >= 4 is 15.9 Å². The van der Waals surface area contributed by atoms with Crippen LogP contribution in [0.5, 0.6) is 0 Å². The summed E-state index contributed by atoms with van der Waals surface area (Å²) < 4.78 is 5.42. The lowest BCUT2D eigenvalue weighted by Gasteiger charge is -2.10. The Balaban J connectivity index is 2.04. The van der Waals surface area contributed by atoms with Gasteiger partial charge < -0.3 is 4.52 Å². The van der Waals surface area contributed by atoms with Crippen molar-refractivity contribution in [2.45, 2.75) is 30.0 Å². The maximum absolute atomic E-state index is 5.42. The van der Waals surface area contributed by atoms with E-state index >= 15 is 0 Å². The van der Waals surface area contributed by atoms with Crippen molar-refractivity contribution in [3.05, 3.63) is 47.6 Å². The van der Waals surface area contributed by atoms with Crippen LogP contribution in [0.25, 0.3) is 0 Å². The molecule has 0 amide bonds. The molecule has 2 aromatic rings. The fourth-order valence-electron chi connectivity index (χ4n) is 2.18. The zero-order chi connectivity index (χ0) is 11.9.